The van der Waals surface area contributed by atoms with E-state index in [1.165, 1.54) is 6.20 Å². The van der Waals surface area contributed by atoms with Gasteiger partial charge in [-0.15, -0.1) is 0 Å². The Hall–Kier alpha value is -3.27. The van der Waals surface area contributed by atoms with Crippen LogP contribution in [0, 0.1) is 18.3 Å². The first-order chi connectivity index (χ1) is 10.2. The molecule has 3 aromatic heterocycles. The molecule has 104 valence electrons. The van der Waals surface area contributed by atoms with Crippen LogP contribution >= 0.6 is 0 Å². The zero-order chi connectivity index (χ0) is 14.8. The van der Waals surface area contributed by atoms with Crippen LogP contribution in [0.15, 0.2) is 41.2 Å². The van der Waals surface area contributed by atoms with Crippen molar-refractivity contribution in [2.24, 2.45) is 0 Å². The third-order valence-electron chi connectivity index (χ3n) is 2.99. The minimum absolute atomic E-state index is 0.195. The molecule has 0 saturated carbocycles. The van der Waals surface area contributed by atoms with E-state index in [4.69, 9.17) is 4.42 Å². The monoisotopic (exact) mass is 281 g/mol. The molecule has 0 aromatic carbocycles. The number of amides is 1. The van der Waals surface area contributed by atoms with Gasteiger partial charge in [-0.3, -0.25) is 14.5 Å². The molecule has 0 bridgehead atoms. The largest absolute Gasteiger partial charge is 0.443 e. The number of carbonyl (C=O) groups is 1. The summed E-state index contributed by atoms with van der Waals surface area (Å²) in [6, 6.07) is 7.27. The first kappa shape index (κ1) is 12.7. The van der Waals surface area contributed by atoms with Crippen LogP contribution in [0.4, 0.5) is 5.82 Å². The van der Waals surface area contributed by atoms with Crippen LogP contribution in [0.1, 0.15) is 21.7 Å². The molecule has 3 heterocycles. The van der Waals surface area contributed by atoms with Crippen molar-refractivity contribution in [3.63, 3.8) is 0 Å². The van der Waals surface area contributed by atoms with Gasteiger partial charge in [0.25, 0.3) is 5.91 Å². The maximum Gasteiger partial charge on any atom is 0.261 e. The lowest BCUT2D eigenvalue weighted by Gasteiger charge is -2.01. The summed E-state index contributed by atoms with van der Waals surface area (Å²) >= 11 is 0. The molecule has 0 fully saturated rings. The van der Waals surface area contributed by atoms with Crippen molar-refractivity contribution in [1.82, 2.24) is 14.8 Å². The summed E-state index contributed by atoms with van der Waals surface area (Å²) in [6.07, 6.45) is 5.01. The Morgan fingerprint density at radius 3 is 2.86 bits per heavy atom. The summed E-state index contributed by atoms with van der Waals surface area (Å²) in [5.74, 6) is 0.740. The van der Waals surface area contributed by atoms with Gasteiger partial charge in [-0.25, -0.2) is 0 Å². The van der Waals surface area contributed by atoms with Crippen LogP contribution in [0.25, 0.3) is 5.88 Å². The number of hydrogen-bond donors (Lipinski definition) is 2. The zero-order valence-corrected chi connectivity index (χ0v) is 11.1. The number of H-pyrrole nitrogens is 1. The first-order valence-corrected chi connectivity index (χ1v) is 6.18. The lowest BCUT2D eigenvalue weighted by atomic mass is 10.1. The van der Waals surface area contributed by atoms with E-state index >= 15 is 0 Å². The van der Waals surface area contributed by atoms with E-state index in [1.54, 1.807) is 30.0 Å². The molecule has 21 heavy (non-hydrogen) atoms. The molecule has 0 atom stereocenters. The smallest absolute Gasteiger partial charge is 0.261 e. The number of nitriles is 1. The van der Waals surface area contributed by atoms with Gasteiger partial charge in [-0.1, -0.05) is 0 Å². The van der Waals surface area contributed by atoms with Gasteiger partial charge in [0.1, 0.15) is 28.8 Å². The summed E-state index contributed by atoms with van der Waals surface area (Å²) in [5, 5.41) is 18.4. The van der Waals surface area contributed by atoms with Crippen molar-refractivity contribution in [3.05, 3.63) is 53.7 Å². The van der Waals surface area contributed by atoms with E-state index in [0.717, 1.165) is 0 Å². The Morgan fingerprint density at radius 1 is 1.48 bits per heavy atom. The van der Waals surface area contributed by atoms with Crippen molar-refractivity contribution in [2.75, 3.05) is 5.32 Å². The molecule has 1 amide bonds. The van der Waals surface area contributed by atoms with Crippen LogP contribution < -0.4 is 5.32 Å². The molecule has 0 aliphatic heterocycles. The third-order valence-corrected chi connectivity index (χ3v) is 2.99. The highest BCUT2D eigenvalue weighted by Crippen LogP contribution is 2.26. The Balaban J connectivity index is 2.03. The molecular weight excluding hydrogens is 270 g/mol. The number of hydrogen-bond acceptors (Lipinski definition) is 4. The summed E-state index contributed by atoms with van der Waals surface area (Å²) < 4.78 is 7.23. The lowest BCUT2D eigenvalue weighted by Crippen LogP contribution is -2.14. The van der Waals surface area contributed by atoms with E-state index < -0.39 is 5.91 Å². The lowest BCUT2D eigenvalue weighted by molar-refractivity contribution is 0.102. The minimum atomic E-state index is -0.421. The van der Waals surface area contributed by atoms with Gasteiger partial charge in [0.05, 0.1) is 6.20 Å². The maximum atomic E-state index is 12.3. The normalized spacial score (nSPS) is 10.3. The van der Waals surface area contributed by atoms with Crippen LogP contribution in [0.2, 0.25) is 0 Å². The van der Waals surface area contributed by atoms with E-state index in [9.17, 15) is 10.1 Å². The van der Waals surface area contributed by atoms with E-state index in [1.807, 2.05) is 18.2 Å². The van der Waals surface area contributed by atoms with Gasteiger partial charge in [-0.2, -0.15) is 10.4 Å². The second-order valence-electron chi connectivity index (χ2n) is 4.34. The first-order valence-electron chi connectivity index (χ1n) is 6.18. The summed E-state index contributed by atoms with van der Waals surface area (Å²) in [4.78, 5) is 12.3. The van der Waals surface area contributed by atoms with Crippen LogP contribution in [0.5, 0.6) is 0 Å². The maximum absolute atomic E-state index is 12.3. The Morgan fingerprint density at radius 2 is 2.24 bits per heavy atom. The quantitative estimate of drug-likeness (QED) is 0.768. The number of aromatic nitrogens is 3. The van der Waals surface area contributed by atoms with Gasteiger partial charge in [-0.05, 0) is 19.1 Å². The topological polar surface area (TPSA) is 99.6 Å². The molecule has 0 aliphatic rings. The average molecular weight is 281 g/mol. The molecule has 7 heteroatoms. The fourth-order valence-electron chi connectivity index (χ4n) is 2.07. The number of carbonyl (C=O) groups excluding carboxylic acids is 1. The number of anilines is 1. The van der Waals surface area contributed by atoms with Crippen molar-refractivity contribution in [2.45, 2.75) is 6.92 Å². The number of aryl methyl sites for hydroxylation is 1. The number of furan rings is 1. The van der Waals surface area contributed by atoms with Gasteiger partial charge >= 0.3 is 0 Å². The fraction of sp³-hybridized carbons (Fsp3) is 0.0714. The van der Waals surface area contributed by atoms with E-state index in [0.29, 0.717) is 17.5 Å². The summed E-state index contributed by atoms with van der Waals surface area (Å²) in [5.41, 5.74) is 0.413. The Bertz CT molecular complexity index is 807. The van der Waals surface area contributed by atoms with E-state index in [-0.39, 0.29) is 11.1 Å². The van der Waals surface area contributed by atoms with Crippen LogP contribution in [-0.2, 0) is 0 Å². The van der Waals surface area contributed by atoms with Gasteiger partial charge in [0.15, 0.2) is 0 Å². The van der Waals surface area contributed by atoms with Crippen molar-refractivity contribution >= 4 is 11.7 Å². The summed E-state index contributed by atoms with van der Waals surface area (Å²) in [6.45, 7) is 1.65. The molecule has 0 saturated heterocycles. The van der Waals surface area contributed by atoms with Gasteiger partial charge < -0.3 is 9.73 Å². The highest BCUT2D eigenvalue weighted by atomic mass is 16.4. The van der Waals surface area contributed by atoms with Crippen LogP contribution in [0.3, 0.4) is 0 Å². The van der Waals surface area contributed by atoms with Gasteiger partial charge in [0.2, 0.25) is 5.88 Å². The highest BCUT2D eigenvalue weighted by molar-refractivity contribution is 6.06. The Labute approximate surface area is 119 Å². The number of nitrogens with one attached hydrogen (secondary N) is 2. The standard InChI is InChI=1S/C14H11N5O2/c1-9-12(13(20)17-11-4-5-16-18-11)10(8-15)14(21-9)19-6-2-3-7-19/h2-7H,1H3,(H2,16,17,18,20). The van der Waals surface area contributed by atoms with Crippen LogP contribution in [-0.4, -0.2) is 20.7 Å². The SMILES string of the molecule is Cc1oc(-n2cccc2)c(C#N)c1C(=O)Nc1ccn[nH]1. The van der Waals surface area contributed by atoms with Crippen molar-refractivity contribution in [1.29, 1.82) is 5.26 Å². The minimum Gasteiger partial charge on any atom is -0.443 e. The highest BCUT2D eigenvalue weighted by Gasteiger charge is 2.24. The van der Waals surface area contributed by atoms with Crippen molar-refractivity contribution in [3.8, 4) is 12.0 Å². The third kappa shape index (κ3) is 2.19. The molecule has 0 radical (unpaired) electrons. The molecule has 0 unspecified atom stereocenters. The van der Waals surface area contributed by atoms with Gasteiger partial charge in [0, 0.05) is 18.5 Å². The predicted octanol–water partition coefficient (Wildman–Crippen LogP) is 2.23. The molecule has 2 N–H and O–H groups in total. The average Bonchev–Trinajstić information content (AvgIpc) is 3.17. The zero-order valence-electron chi connectivity index (χ0n) is 11.1. The second kappa shape index (κ2) is 5.02. The molecule has 0 aliphatic carbocycles. The summed E-state index contributed by atoms with van der Waals surface area (Å²) in [7, 11) is 0. The second-order valence-corrected chi connectivity index (χ2v) is 4.34. The molecule has 7 nitrogen and oxygen atoms in total. The number of nitrogens with zero attached hydrogens (tertiary/aromatic N) is 3. The molecular formula is C14H11N5O2. The number of aromatic amines is 1. The molecule has 0 spiro atoms. The van der Waals surface area contributed by atoms with Crippen molar-refractivity contribution < 1.29 is 9.21 Å². The fourth-order valence-corrected chi connectivity index (χ4v) is 2.07. The molecule has 3 rings (SSSR count). The van der Waals surface area contributed by atoms with E-state index in [2.05, 4.69) is 15.5 Å². The Kier molecular flexibility index (Phi) is 3.04. The number of rotatable bonds is 3. The predicted molar refractivity (Wildman–Crippen MR) is 74.0 cm³/mol. The molecule has 3 aromatic rings.